The Morgan fingerprint density at radius 3 is 3.00 bits per heavy atom. The maximum Gasteiger partial charge on any atom is 0.268 e. The Morgan fingerprint density at radius 1 is 1.59 bits per heavy atom. The number of nitrogens with zero attached hydrogens (tertiary/aromatic N) is 1. The van der Waals surface area contributed by atoms with Crippen LogP contribution in [0.15, 0.2) is 16.7 Å². The lowest BCUT2D eigenvalue weighted by molar-refractivity contribution is 0.0939. The number of carbonyl (C=O) groups excluding carboxylic acids is 1. The topological polar surface area (TPSA) is 34.0 Å². The normalized spacial score (nSPS) is 22.5. The van der Waals surface area contributed by atoms with E-state index < -0.39 is 0 Å². The molecular weight excluding hydrogens is 280 g/mol. The first-order valence-electron chi connectivity index (χ1n) is 6.32. The SMILES string of the molecule is CCCC1CC1NC(=O)c1cc(Br)cn1CC. The van der Waals surface area contributed by atoms with Crippen molar-refractivity contribution < 1.29 is 4.79 Å². The second-order valence-corrected chi connectivity index (χ2v) is 5.61. The minimum atomic E-state index is 0.0566. The van der Waals surface area contributed by atoms with Crippen LogP contribution in [-0.4, -0.2) is 16.5 Å². The molecule has 1 aliphatic carbocycles. The molecule has 1 aliphatic rings. The molecule has 1 amide bonds. The molecule has 1 heterocycles. The first-order valence-corrected chi connectivity index (χ1v) is 7.11. The van der Waals surface area contributed by atoms with E-state index in [-0.39, 0.29) is 5.91 Å². The van der Waals surface area contributed by atoms with Crippen LogP contribution >= 0.6 is 15.9 Å². The van der Waals surface area contributed by atoms with Crippen LogP contribution < -0.4 is 5.32 Å². The summed E-state index contributed by atoms with van der Waals surface area (Å²) < 4.78 is 2.93. The van der Waals surface area contributed by atoms with Crippen LogP contribution in [0.1, 0.15) is 43.6 Å². The number of amides is 1. The highest BCUT2D eigenvalue weighted by Gasteiger charge is 2.37. The number of carbonyl (C=O) groups is 1. The predicted molar refractivity (Wildman–Crippen MR) is 72.1 cm³/mol. The van der Waals surface area contributed by atoms with E-state index in [0.717, 1.165) is 23.1 Å². The van der Waals surface area contributed by atoms with Crippen molar-refractivity contribution in [1.29, 1.82) is 0 Å². The summed E-state index contributed by atoms with van der Waals surface area (Å²) in [5.41, 5.74) is 0.751. The van der Waals surface area contributed by atoms with E-state index in [4.69, 9.17) is 0 Å². The third-order valence-electron chi connectivity index (χ3n) is 3.34. The molecule has 1 saturated carbocycles. The van der Waals surface area contributed by atoms with E-state index in [1.54, 1.807) is 0 Å². The highest BCUT2D eigenvalue weighted by Crippen LogP contribution is 2.34. The first kappa shape index (κ1) is 12.7. The zero-order valence-electron chi connectivity index (χ0n) is 10.4. The van der Waals surface area contributed by atoms with Crippen LogP contribution in [0.2, 0.25) is 0 Å². The Kier molecular flexibility index (Phi) is 3.92. The largest absolute Gasteiger partial charge is 0.348 e. The molecule has 4 heteroatoms. The lowest BCUT2D eigenvalue weighted by Gasteiger charge is -2.07. The minimum absolute atomic E-state index is 0.0566. The summed E-state index contributed by atoms with van der Waals surface area (Å²) in [6, 6.07) is 2.29. The van der Waals surface area contributed by atoms with Crippen molar-refractivity contribution in [2.45, 2.75) is 45.7 Å². The molecule has 94 valence electrons. The van der Waals surface area contributed by atoms with Gasteiger partial charge < -0.3 is 9.88 Å². The van der Waals surface area contributed by atoms with Gasteiger partial charge in [-0.05, 0) is 47.7 Å². The Labute approximate surface area is 111 Å². The average Bonchev–Trinajstić information content (AvgIpc) is 2.89. The molecule has 1 N–H and O–H groups in total. The molecule has 0 bridgehead atoms. The van der Waals surface area contributed by atoms with Crippen LogP contribution in [0.3, 0.4) is 0 Å². The van der Waals surface area contributed by atoms with Gasteiger partial charge in [-0.2, -0.15) is 0 Å². The van der Waals surface area contributed by atoms with Gasteiger partial charge in [0.25, 0.3) is 5.91 Å². The summed E-state index contributed by atoms with van der Waals surface area (Å²) in [5, 5.41) is 3.11. The van der Waals surface area contributed by atoms with Gasteiger partial charge in [-0.25, -0.2) is 0 Å². The molecule has 0 spiro atoms. The zero-order valence-corrected chi connectivity index (χ0v) is 12.0. The third-order valence-corrected chi connectivity index (χ3v) is 3.77. The van der Waals surface area contributed by atoms with Crippen LogP contribution in [0.5, 0.6) is 0 Å². The van der Waals surface area contributed by atoms with E-state index in [9.17, 15) is 4.79 Å². The van der Waals surface area contributed by atoms with Gasteiger partial charge in [-0.1, -0.05) is 13.3 Å². The summed E-state index contributed by atoms with van der Waals surface area (Å²) in [6.07, 6.45) is 5.52. The molecular formula is C13H19BrN2O. The molecule has 0 aromatic carbocycles. The number of aryl methyl sites for hydroxylation is 1. The molecule has 3 nitrogen and oxygen atoms in total. The minimum Gasteiger partial charge on any atom is -0.348 e. The van der Waals surface area contributed by atoms with Crippen LogP contribution in [0.25, 0.3) is 0 Å². The van der Waals surface area contributed by atoms with Crippen molar-refractivity contribution in [3.8, 4) is 0 Å². The maximum absolute atomic E-state index is 12.1. The van der Waals surface area contributed by atoms with Crippen molar-refractivity contribution in [3.05, 3.63) is 22.4 Å². The van der Waals surface area contributed by atoms with Gasteiger partial charge in [0.15, 0.2) is 0 Å². The van der Waals surface area contributed by atoms with Crippen LogP contribution in [0.4, 0.5) is 0 Å². The van der Waals surface area contributed by atoms with Crippen molar-refractivity contribution in [3.63, 3.8) is 0 Å². The Balaban J connectivity index is 1.96. The summed E-state index contributed by atoms with van der Waals surface area (Å²) in [7, 11) is 0. The lowest BCUT2D eigenvalue weighted by Crippen LogP contribution is -2.28. The Bertz CT molecular complexity index is 414. The standard InChI is InChI=1S/C13H19BrN2O/c1-3-5-9-6-11(9)15-13(17)12-7-10(14)8-16(12)4-2/h7-9,11H,3-6H2,1-2H3,(H,15,17). The number of hydrogen-bond acceptors (Lipinski definition) is 1. The van der Waals surface area contributed by atoms with E-state index >= 15 is 0 Å². The molecule has 17 heavy (non-hydrogen) atoms. The third kappa shape index (κ3) is 2.92. The monoisotopic (exact) mass is 298 g/mol. The number of rotatable bonds is 5. The second kappa shape index (κ2) is 5.25. The molecule has 1 fully saturated rings. The van der Waals surface area contributed by atoms with Gasteiger partial charge in [0.05, 0.1) is 0 Å². The predicted octanol–water partition coefficient (Wildman–Crippen LogP) is 3.19. The molecule has 2 rings (SSSR count). The number of aromatic nitrogens is 1. The van der Waals surface area contributed by atoms with E-state index in [0.29, 0.717) is 12.0 Å². The number of nitrogens with one attached hydrogen (secondary N) is 1. The molecule has 2 unspecified atom stereocenters. The fraction of sp³-hybridized carbons (Fsp3) is 0.615. The Hall–Kier alpha value is -0.770. The first-order chi connectivity index (χ1) is 8.15. The molecule has 0 saturated heterocycles. The molecule has 1 aromatic rings. The van der Waals surface area contributed by atoms with Gasteiger partial charge in [-0.3, -0.25) is 4.79 Å². The molecule has 1 aromatic heterocycles. The molecule has 0 aliphatic heterocycles. The van der Waals surface area contributed by atoms with Crippen LogP contribution in [0, 0.1) is 5.92 Å². The molecule has 0 radical (unpaired) electrons. The van der Waals surface area contributed by atoms with Crippen molar-refractivity contribution in [1.82, 2.24) is 9.88 Å². The number of halogens is 1. The smallest absolute Gasteiger partial charge is 0.268 e. The van der Waals surface area contributed by atoms with Gasteiger partial charge >= 0.3 is 0 Å². The average molecular weight is 299 g/mol. The van der Waals surface area contributed by atoms with Gasteiger partial charge in [0.1, 0.15) is 5.69 Å². The molecule has 2 atom stereocenters. The summed E-state index contributed by atoms with van der Waals surface area (Å²) in [5.74, 6) is 0.763. The highest BCUT2D eigenvalue weighted by molar-refractivity contribution is 9.10. The quantitative estimate of drug-likeness (QED) is 0.890. The van der Waals surface area contributed by atoms with E-state index in [1.807, 2.05) is 23.8 Å². The van der Waals surface area contributed by atoms with Crippen LogP contribution in [-0.2, 0) is 6.54 Å². The second-order valence-electron chi connectivity index (χ2n) is 4.69. The fourth-order valence-corrected chi connectivity index (χ4v) is 2.75. The Morgan fingerprint density at radius 2 is 2.35 bits per heavy atom. The summed E-state index contributed by atoms with van der Waals surface area (Å²) in [6.45, 7) is 5.05. The van der Waals surface area contributed by atoms with Crippen molar-refractivity contribution in [2.24, 2.45) is 5.92 Å². The van der Waals surface area contributed by atoms with E-state index in [2.05, 4.69) is 28.2 Å². The fourth-order valence-electron chi connectivity index (χ4n) is 2.28. The van der Waals surface area contributed by atoms with Crippen molar-refractivity contribution in [2.75, 3.05) is 0 Å². The highest BCUT2D eigenvalue weighted by atomic mass is 79.9. The summed E-state index contributed by atoms with van der Waals surface area (Å²) >= 11 is 3.41. The number of hydrogen-bond donors (Lipinski definition) is 1. The zero-order chi connectivity index (χ0) is 12.4. The van der Waals surface area contributed by atoms with Gasteiger partial charge in [-0.15, -0.1) is 0 Å². The van der Waals surface area contributed by atoms with Gasteiger partial charge in [0, 0.05) is 23.3 Å². The summed E-state index contributed by atoms with van der Waals surface area (Å²) in [4.78, 5) is 12.1. The van der Waals surface area contributed by atoms with E-state index in [1.165, 1.54) is 12.8 Å². The lowest BCUT2D eigenvalue weighted by atomic mass is 10.2. The van der Waals surface area contributed by atoms with Gasteiger partial charge in [0.2, 0.25) is 0 Å². The maximum atomic E-state index is 12.1. The van der Waals surface area contributed by atoms with Crippen molar-refractivity contribution >= 4 is 21.8 Å².